The standard InChI is InChI=1S/C17H15ClFNO5/c1-9(16(22)20-14-5-3-10(19)7-13(14)18)25-17(23)12-8-11(24-2)4-6-15(12)21/h3-9,21H,1-2H3,(H,20,22)/t9-/m1/s1. The lowest BCUT2D eigenvalue weighted by atomic mass is 10.2. The van der Waals surface area contributed by atoms with E-state index in [0.29, 0.717) is 5.75 Å². The largest absolute Gasteiger partial charge is 0.507 e. The lowest BCUT2D eigenvalue weighted by molar-refractivity contribution is -0.123. The molecule has 0 radical (unpaired) electrons. The van der Waals surface area contributed by atoms with Crippen LogP contribution in [0.5, 0.6) is 11.5 Å². The van der Waals surface area contributed by atoms with Crippen molar-refractivity contribution >= 4 is 29.2 Å². The van der Waals surface area contributed by atoms with Crippen LogP contribution in [0.25, 0.3) is 0 Å². The first-order valence-electron chi connectivity index (χ1n) is 7.15. The highest BCUT2D eigenvalue weighted by Crippen LogP contribution is 2.25. The van der Waals surface area contributed by atoms with Crippen molar-refractivity contribution in [2.75, 3.05) is 12.4 Å². The number of halogens is 2. The van der Waals surface area contributed by atoms with Gasteiger partial charge in [0.05, 0.1) is 17.8 Å². The number of carbonyl (C=O) groups excluding carboxylic acids is 2. The zero-order valence-corrected chi connectivity index (χ0v) is 14.1. The Hall–Kier alpha value is -2.80. The van der Waals surface area contributed by atoms with Gasteiger partial charge >= 0.3 is 5.97 Å². The predicted octanol–water partition coefficient (Wildman–Crippen LogP) is 3.38. The number of phenolic OH excluding ortho intramolecular Hbond substituents is 1. The Kier molecular flexibility index (Phi) is 5.82. The summed E-state index contributed by atoms with van der Waals surface area (Å²) in [7, 11) is 1.41. The Morgan fingerprint density at radius 3 is 2.60 bits per heavy atom. The van der Waals surface area contributed by atoms with Crippen LogP contribution < -0.4 is 10.1 Å². The Balaban J connectivity index is 2.06. The molecule has 6 nitrogen and oxygen atoms in total. The maximum atomic E-state index is 13.0. The van der Waals surface area contributed by atoms with E-state index in [4.69, 9.17) is 21.1 Å². The molecule has 0 aliphatic carbocycles. The van der Waals surface area contributed by atoms with Gasteiger partial charge in [-0.3, -0.25) is 4.79 Å². The molecular weight excluding hydrogens is 353 g/mol. The quantitative estimate of drug-likeness (QED) is 0.791. The number of benzene rings is 2. The molecule has 8 heteroatoms. The van der Waals surface area contributed by atoms with Crippen LogP contribution >= 0.6 is 11.6 Å². The SMILES string of the molecule is COc1ccc(O)c(C(=O)O[C@H](C)C(=O)Nc2ccc(F)cc2Cl)c1. The number of carbonyl (C=O) groups is 2. The molecule has 0 heterocycles. The molecule has 0 saturated carbocycles. The van der Waals surface area contributed by atoms with Crippen molar-refractivity contribution in [1.82, 2.24) is 0 Å². The van der Waals surface area contributed by atoms with Crippen LogP contribution in [-0.2, 0) is 9.53 Å². The molecule has 2 aromatic carbocycles. The summed E-state index contributed by atoms with van der Waals surface area (Å²) in [5.74, 6) is -2.07. The van der Waals surface area contributed by atoms with Crippen LogP contribution in [-0.4, -0.2) is 30.2 Å². The highest BCUT2D eigenvalue weighted by molar-refractivity contribution is 6.33. The van der Waals surface area contributed by atoms with Crippen molar-refractivity contribution in [1.29, 1.82) is 0 Å². The molecule has 25 heavy (non-hydrogen) atoms. The van der Waals surface area contributed by atoms with E-state index in [1.54, 1.807) is 0 Å². The Morgan fingerprint density at radius 2 is 1.96 bits per heavy atom. The van der Waals surface area contributed by atoms with Gasteiger partial charge in [-0.1, -0.05) is 11.6 Å². The minimum Gasteiger partial charge on any atom is -0.507 e. The van der Waals surface area contributed by atoms with Crippen molar-refractivity contribution in [2.24, 2.45) is 0 Å². The first-order valence-corrected chi connectivity index (χ1v) is 7.53. The second-order valence-electron chi connectivity index (χ2n) is 5.04. The minimum atomic E-state index is -1.18. The van der Waals surface area contributed by atoms with E-state index in [9.17, 15) is 19.1 Å². The molecule has 1 amide bonds. The first kappa shape index (κ1) is 18.5. The number of anilines is 1. The molecule has 1 atom stereocenters. The second-order valence-corrected chi connectivity index (χ2v) is 5.45. The number of hydrogen-bond donors (Lipinski definition) is 2. The van der Waals surface area contributed by atoms with Gasteiger partial charge in [-0.2, -0.15) is 0 Å². The summed E-state index contributed by atoms with van der Waals surface area (Å²) in [6.45, 7) is 1.35. The molecule has 0 spiro atoms. The normalized spacial score (nSPS) is 11.5. The molecule has 132 valence electrons. The third-order valence-corrected chi connectivity index (χ3v) is 3.58. The summed E-state index contributed by atoms with van der Waals surface area (Å²) in [6, 6.07) is 7.50. The number of esters is 1. The average Bonchev–Trinajstić information content (AvgIpc) is 2.57. The molecule has 0 aliphatic heterocycles. The highest BCUT2D eigenvalue weighted by atomic mass is 35.5. The van der Waals surface area contributed by atoms with E-state index in [0.717, 1.165) is 12.1 Å². The van der Waals surface area contributed by atoms with Gasteiger partial charge in [-0.05, 0) is 43.3 Å². The summed E-state index contributed by atoms with van der Waals surface area (Å²) in [5.41, 5.74) is 0.0407. The average molecular weight is 368 g/mol. The first-order chi connectivity index (χ1) is 11.8. The highest BCUT2D eigenvalue weighted by Gasteiger charge is 2.22. The fourth-order valence-electron chi connectivity index (χ4n) is 1.91. The van der Waals surface area contributed by atoms with Crippen molar-refractivity contribution in [3.8, 4) is 11.5 Å². The number of rotatable bonds is 5. The van der Waals surface area contributed by atoms with Crippen molar-refractivity contribution in [2.45, 2.75) is 13.0 Å². The van der Waals surface area contributed by atoms with Gasteiger partial charge in [-0.25, -0.2) is 9.18 Å². The zero-order valence-electron chi connectivity index (χ0n) is 13.4. The molecule has 2 rings (SSSR count). The molecule has 2 aromatic rings. The van der Waals surface area contributed by atoms with Crippen LogP contribution in [0, 0.1) is 5.82 Å². The maximum Gasteiger partial charge on any atom is 0.342 e. The summed E-state index contributed by atoms with van der Waals surface area (Å²) in [5, 5.41) is 12.2. The molecule has 0 aliphatic rings. The summed E-state index contributed by atoms with van der Waals surface area (Å²) in [4.78, 5) is 24.2. The topological polar surface area (TPSA) is 84.9 Å². The molecule has 0 unspecified atom stereocenters. The van der Waals surface area contributed by atoms with Crippen LogP contribution in [0.4, 0.5) is 10.1 Å². The fourth-order valence-corrected chi connectivity index (χ4v) is 2.12. The third kappa shape index (κ3) is 4.60. The number of methoxy groups -OCH3 is 1. The van der Waals surface area contributed by atoms with Crippen molar-refractivity contribution < 1.29 is 28.6 Å². The Bertz CT molecular complexity index is 812. The van der Waals surface area contributed by atoms with E-state index >= 15 is 0 Å². The number of hydrogen-bond acceptors (Lipinski definition) is 5. The van der Waals surface area contributed by atoms with Gasteiger partial charge in [0.2, 0.25) is 0 Å². The van der Waals surface area contributed by atoms with Gasteiger partial charge in [-0.15, -0.1) is 0 Å². The number of phenols is 1. The second kappa shape index (κ2) is 7.85. The van der Waals surface area contributed by atoms with E-state index in [1.807, 2.05) is 0 Å². The van der Waals surface area contributed by atoms with Crippen LogP contribution in [0.1, 0.15) is 17.3 Å². The molecular formula is C17H15ClFNO5. The molecule has 0 aromatic heterocycles. The number of nitrogens with one attached hydrogen (secondary N) is 1. The fraction of sp³-hybridized carbons (Fsp3) is 0.176. The number of aromatic hydroxyl groups is 1. The number of amides is 1. The van der Waals surface area contributed by atoms with Crippen LogP contribution in [0.15, 0.2) is 36.4 Å². The van der Waals surface area contributed by atoms with Crippen molar-refractivity contribution in [3.05, 3.63) is 52.8 Å². The minimum absolute atomic E-state index is 0.0114. The van der Waals surface area contributed by atoms with Gasteiger partial charge < -0.3 is 19.9 Å². The molecule has 0 fully saturated rings. The Morgan fingerprint density at radius 1 is 1.24 bits per heavy atom. The van der Waals surface area contributed by atoms with Gasteiger partial charge in [0, 0.05) is 0 Å². The molecule has 0 saturated heterocycles. The third-order valence-electron chi connectivity index (χ3n) is 3.27. The van der Waals surface area contributed by atoms with Gasteiger partial charge in [0.25, 0.3) is 5.91 Å². The van der Waals surface area contributed by atoms with Crippen LogP contribution in [0.3, 0.4) is 0 Å². The molecule has 2 N–H and O–H groups in total. The lowest BCUT2D eigenvalue weighted by Crippen LogP contribution is -2.30. The summed E-state index contributed by atoms with van der Waals surface area (Å²) >= 11 is 5.82. The lowest BCUT2D eigenvalue weighted by Gasteiger charge is -2.15. The summed E-state index contributed by atoms with van der Waals surface area (Å²) < 4.78 is 23.0. The van der Waals surface area contributed by atoms with E-state index in [1.165, 1.54) is 38.3 Å². The number of ether oxygens (including phenoxy) is 2. The Labute approximate surface area is 148 Å². The smallest absolute Gasteiger partial charge is 0.342 e. The predicted molar refractivity (Wildman–Crippen MR) is 89.6 cm³/mol. The van der Waals surface area contributed by atoms with E-state index < -0.39 is 23.8 Å². The summed E-state index contributed by atoms with van der Waals surface area (Å²) in [6.07, 6.45) is -1.18. The zero-order chi connectivity index (χ0) is 18.6. The monoisotopic (exact) mass is 367 g/mol. The van der Waals surface area contributed by atoms with E-state index in [2.05, 4.69) is 5.32 Å². The maximum absolute atomic E-state index is 13.0. The van der Waals surface area contributed by atoms with Crippen molar-refractivity contribution in [3.63, 3.8) is 0 Å². The molecule has 0 bridgehead atoms. The van der Waals surface area contributed by atoms with Gasteiger partial charge in [0.1, 0.15) is 22.9 Å². The van der Waals surface area contributed by atoms with E-state index in [-0.39, 0.29) is 22.0 Å². The van der Waals surface area contributed by atoms with Crippen LogP contribution in [0.2, 0.25) is 5.02 Å². The van der Waals surface area contributed by atoms with Gasteiger partial charge in [0.15, 0.2) is 6.10 Å².